The molecule has 0 atom stereocenters. The molecule has 6 heteroatoms. The molecule has 15 heavy (non-hydrogen) atoms. The van der Waals surface area contributed by atoms with Gasteiger partial charge in [-0.1, -0.05) is 0 Å². The fourth-order valence-electron chi connectivity index (χ4n) is 1.02. The number of rotatable bonds is 3. The lowest BCUT2D eigenvalue weighted by molar-refractivity contribution is -0.113. The highest BCUT2D eigenvalue weighted by molar-refractivity contribution is 9.11. The molecule has 0 fully saturated rings. The van der Waals surface area contributed by atoms with Gasteiger partial charge < -0.3 is 11.1 Å². The Labute approximate surface area is 109 Å². The molecule has 0 radical (unpaired) electrons. The Hall–Kier alpha value is -0.200. The van der Waals surface area contributed by atoms with Gasteiger partial charge in [-0.3, -0.25) is 4.79 Å². The van der Waals surface area contributed by atoms with E-state index in [1.54, 1.807) is 12.1 Å². The molecular formula is C9H10Br2N2OS. The first-order valence-corrected chi connectivity index (χ1v) is 7.06. The molecule has 3 nitrogen and oxygen atoms in total. The van der Waals surface area contributed by atoms with Gasteiger partial charge in [0.25, 0.3) is 0 Å². The SMILES string of the molecule is CSCC(=O)Nc1c(Br)cc(N)cc1Br. The van der Waals surface area contributed by atoms with Gasteiger partial charge in [0.1, 0.15) is 0 Å². The van der Waals surface area contributed by atoms with Gasteiger partial charge in [-0.05, 0) is 50.2 Å². The zero-order chi connectivity index (χ0) is 11.4. The largest absolute Gasteiger partial charge is 0.399 e. The van der Waals surface area contributed by atoms with Crippen molar-refractivity contribution in [2.75, 3.05) is 23.1 Å². The summed E-state index contributed by atoms with van der Waals surface area (Å²) >= 11 is 8.17. The van der Waals surface area contributed by atoms with Gasteiger partial charge in [0.05, 0.1) is 11.4 Å². The molecule has 0 heterocycles. The molecule has 0 aliphatic heterocycles. The maximum absolute atomic E-state index is 11.4. The Bertz CT molecular complexity index is 361. The number of nitrogens with two attached hydrogens (primary N) is 1. The summed E-state index contributed by atoms with van der Waals surface area (Å²) in [5.41, 5.74) is 6.99. The van der Waals surface area contributed by atoms with Crippen LogP contribution < -0.4 is 11.1 Å². The number of amides is 1. The van der Waals surface area contributed by atoms with Gasteiger partial charge in [0, 0.05) is 14.6 Å². The maximum atomic E-state index is 11.4. The minimum absolute atomic E-state index is 0.0336. The van der Waals surface area contributed by atoms with E-state index in [1.165, 1.54) is 11.8 Å². The highest BCUT2D eigenvalue weighted by Crippen LogP contribution is 2.33. The summed E-state index contributed by atoms with van der Waals surface area (Å²) in [6.45, 7) is 0. The lowest BCUT2D eigenvalue weighted by Gasteiger charge is -2.09. The normalized spacial score (nSPS) is 10.1. The van der Waals surface area contributed by atoms with Crippen molar-refractivity contribution in [1.82, 2.24) is 0 Å². The third-order valence-electron chi connectivity index (χ3n) is 1.60. The van der Waals surface area contributed by atoms with Crippen LogP contribution in [0.3, 0.4) is 0 Å². The van der Waals surface area contributed by atoms with Crippen LogP contribution >= 0.6 is 43.6 Å². The predicted molar refractivity (Wildman–Crippen MR) is 73.3 cm³/mol. The van der Waals surface area contributed by atoms with Gasteiger partial charge in [-0.25, -0.2) is 0 Å². The van der Waals surface area contributed by atoms with E-state index in [9.17, 15) is 4.79 Å². The summed E-state index contributed by atoms with van der Waals surface area (Å²) in [5.74, 6) is 0.400. The van der Waals surface area contributed by atoms with E-state index in [0.29, 0.717) is 17.1 Å². The van der Waals surface area contributed by atoms with E-state index in [2.05, 4.69) is 37.2 Å². The maximum Gasteiger partial charge on any atom is 0.234 e. The fourth-order valence-corrected chi connectivity index (χ4v) is 2.77. The summed E-state index contributed by atoms with van der Waals surface area (Å²) < 4.78 is 1.53. The van der Waals surface area contributed by atoms with Crippen LogP contribution in [0.25, 0.3) is 0 Å². The van der Waals surface area contributed by atoms with Crippen molar-refractivity contribution in [2.45, 2.75) is 0 Å². The second kappa shape index (κ2) is 5.77. The monoisotopic (exact) mass is 352 g/mol. The zero-order valence-corrected chi connectivity index (χ0v) is 12.0. The molecule has 1 aromatic rings. The Balaban J connectivity index is 2.90. The first-order chi connectivity index (χ1) is 7.04. The summed E-state index contributed by atoms with van der Waals surface area (Å²) in [6.07, 6.45) is 1.88. The number of hydrogen-bond donors (Lipinski definition) is 2. The fraction of sp³-hybridized carbons (Fsp3) is 0.222. The van der Waals surface area contributed by atoms with Crippen LogP contribution in [0.4, 0.5) is 11.4 Å². The molecule has 0 saturated heterocycles. The van der Waals surface area contributed by atoms with Gasteiger partial charge in [0.2, 0.25) is 5.91 Å². The summed E-state index contributed by atoms with van der Waals surface area (Å²) in [7, 11) is 0. The summed E-state index contributed by atoms with van der Waals surface area (Å²) in [6, 6.07) is 3.50. The number of carbonyl (C=O) groups is 1. The molecule has 0 bridgehead atoms. The Morgan fingerprint density at radius 3 is 2.47 bits per heavy atom. The molecule has 0 spiro atoms. The van der Waals surface area contributed by atoms with Gasteiger partial charge in [-0.15, -0.1) is 0 Å². The number of nitrogen functional groups attached to an aromatic ring is 1. The highest BCUT2D eigenvalue weighted by Gasteiger charge is 2.09. The number of halogens is 2. The third-order valence-corrected chi connectivity index (χ3v) is 3.41. The van der Waals surface area contributed by atoms with E-state index < -0.39 is 0 Å². The summed E-state index contributed by atoms with van der Waals surface area (Å²) in [5, 5.41) is 2.80. The first kappa shape index (κ1) is 12.9. The number of benzene rings is 1. The second-order valence-electron chi connectivity index (χ2n) is 2.84. The lowest BCUT2D eigenvalue weighted by Crippen LogP contribution is -2.14. The number of thioether (sulfide) groups is 1. The Morgan fingerprint density at radius 2 is 2.00 bits per heavy atom. The number of hydrogen-bond acceptors (Lipinski definition) is 3. The van der Waals surface area contributed by atoms with Gasteiger partial charge >= 0.3 is 0 Å². The van der Waals surface area contributed by atoms with Crippen LogP contribution in [0.15, 0.2) is 21.1 Å². The number of carbonyl (C=O) groups excluding carboxylic acids is 1. The molecule has 0 unspecified atom stereocenters. The average molecular weight is 354 g/mol. The molecule has 3 N–H and O–H groups in total. The molecule has 1 aromatic carbocycles. The number of nitrogens with one attached hydrogen (secondary N) is 1. The van der Waals surface area contributed by atoms with Crippen molar-refractivity contribution in [1.29, 1.82) is 0 Å². The van der Waals surface area contributed by atoms with E-state index in [1.807, 2.05) is 6.26 Å². The van der Waals surface area contributed by atoms with Gasteiger partial charge in [0.15, 0.2) is 0 Å². The van der Waals surface area contributed by atoms with Gasteiger partial charge in [-0.2, -0.15) is 11.8 Å². The number of anilines is 2. The topological polar surface area (TPSA) is 55.1 Å². The molecule has 1 amide bonds. The zero-order valence-electron chi connectivity index (χ0n) is 8.01. The van der Waals surface area contributed by atoms with Crippen LogP contribution in [0.5, 0.6) is 0 Å². The minimum atomic E-state index is -0.0336. The quantitative estimate of drug-likeness (QED) is 0.821. The third kappa shape index (κ3) is 3.70. The molecule has 0 aromatic heterocycles. The lowest BCUT2D eigenvalue weighted by atomic mass is 10.3. The van der Waals surface area contributed by atoms with Crippen LogP contribution in [0.1, 0.15) is 0 Å². The van der Waals surface area contributed by atoms with E-state index >= 15 is 0 Å². The summed E-state index contributed by atoms with van der Waals surface area (Å²) in [4.78, 5) is 11.4. The molecule has 82 valence electrons. The van der Waals surface area contributed by atoms with Crippen molar-refractivity contribution in [3.63, 3.8) is 0 Å². The van der Waals surface area contributed by atoms with Crippen LogP contribution in [0, 0.1) is 0 Å². The van der Waals surface area contributed by atoms with E-state index in [-0.39, 0.29) is 5.91 Å². The van der Waals surface area contributed by atoms with Crippen molar-refractivity contribution >= 4 is 60.9 Å². The highest BCUT2D eigenvalue weighted by atomic mass is 79.9. The van der Waals surface area contributed by atoms with Crippen molar-refractivity contribution in [3.05, 3.63) is 21.1 Å². The Morgan fingerprint density at radius 1 is 1.47 bits per heavy atom. The average Bonchev–Trinajstić information content (AvgIpc) is 2.11. The van der Waals surface area contributed by atoms with Crippen molar-refractivity contribution in [2.24, 2.45) is 0 Å². The van der Waals surface area contributed by atoms with Crippen LogP contribution in [0.2, 0.25) is 0 Å². The van der Waals surface area contributed by atoms with Crippen LogP contribution in [-0.2, 0) is 4.79 Å². The molecule has 0 aliphatic carbocycles. The first-order valence-electron chi connectivity index (χ1n) is 4.08. The van der Waals surface area contributed by atoms with E-state index in [0.717, 1.165) is 8.95 Å². The van der Waals surface area contributed by atoms with E-state index in [4.69, 9.17) is 5.73 Å². The van der Waals surface area contributed by atoms with Crippen LogP contribution in [-0.4, -0.2) is 17.9 Å². The molecular weight excluding hydrogens is 344 g/mol. The Kier molecular flexibility index (Phi) is 4.95. The standard InChI is InChI=1S/C9H10Br2N2OS/c1-15-4-8(14)13-9-6(10)2-5(12)3-7(9)11/h2-3H,4,12H2,1H3,(H,13,14). The predicted octanol–water partition coefficient (Wildman–Crippen LogP) is 3.10. The van der Waals surface area contributed by atoms with Crippen molar-refractivity contribution in [3.8, 4) is 0 Å². The second-order valence-corrected chi connectivity index (χ2v) is 5.42. The smallest absolute Gasteiger partial charge is 0.234 e. The molecule has 0 saturated carbocycles. The minimum Gasteiger partial charge on any atom is -0.399 e. The molecule has 1 rings (SSSR count). The van der Waals surface area contributed by atoms with Crippen molar-refractivity contribution < 1.29 is 4.79 Å². The molecule has 0 aliphatic rings.